The van der Waals surface area contributed by atoms with Crippen LogP contribution in [0.1, 0.15) is 37.4 Å². The highest BCUT2D eigenvalue weighted by atomic mass is 16.2. The average Bonchev–Trinajstić information content (AvgIpc) is 3.40. The number of aromatic nitrogens is 4. The Morgan fingerprint density at radius 2 is 1.85 bits per heavy atom. The summed E-state index contributed by atoms with van der Waals surface area (Å²) in [7, 11) is 0. The highest BCUT2D eigenvalue weighted by Gasteiger charge is 2.28. The molecule has 26 heavy (non-hydrogen) atoms. The van der Waals surface area contributed by atoms with Crippen LogP contribution < -0.4 is 10.6 Å². The first-order valence-electron chi connectivity index (χ1n) is 8.71. The van der Waals surface area contributed by atoms with Crippen molar-refractivity contribution >= 4 is 11.7 Å². The first-order valence-corrected chi connectivity index (χ1v) is 8.71. The van der Waals surface area contributed by atoms with Crippen LogP contribution in [0.25, 0.3) is 11.4 Å². The van der Waals surface area contributed by atoms with Crippen molar-refractivity contribution < 1.29 is 4.79 Å². The Morgan fingerprint density at radius 3 is 2.54 bits per heavy atom. The molecule has 0 aliphatic heterocycles. The van der Waals surface area contributed by atoms with E-state index in [1.165, 1.54) is 0 Å². The maximum Gasteiger partial charge on any atom is 0.319 e. The number of carbonyl (C=O) groups excluding carboxylic acids is 1. The van der Waals surface area contributed by atoms with Crippen molar-refractivity contribution in [2.75, 3.05) is 5.32 Å². The SMILES string of the molecule is C[C@H](NC(=O)Nc1ccc(-c2nnnn2C2CC2)cc1)c1ccccc1. The number of nitrogens with zero attached hydrogens (tertiary/aromatic N) is 4. The van der Waals surface area contributed by atoms with Gasteiger partial charge in [-0.05, 0) is 60.0 Å². The molecule has 0 bridgehead atoms. The Kier molecular flexibility index (Phi) is 4.35. The Hall–Kier alpha value is -3.22. The van der Waals surface area contributed by atoms with E-state index < -0.39 is 0 Å². The van der Waals surface area contributed by atoms with Crippen LogP contribution in [0.3, 0.4) is 0 Å². The zero-order valence-corrected chi connectivity index (χ0v) is 14.5. The van der Waals surface area contributed by atoms with Crippen molar-refractivity contribution in [3.8, 4) is 11.4 Å². The number of anilines is 1. The fourth-order valence-electron chi connectivity index (χ4n) is 2.84. The number of urea groups is 1. The van der Waals surface area contributed by atoms with Gasteiger partial charge >= 0.3 is 6.03 Å². The molecule has 2 aromatic carbocycles. The van der Waals surface area contributed by atoms with Gasteiger partial charge in [0.2, 0.25) is 0 Å². The molecule has 3 aromatic rings. The lowest BCUT2D eigenvalue weighted by Crippen LogP contribution is -2.31. The molecule has 7 heteroatoms. The number of amides is 2. The Morgan fingerprint density at radius 1 is 1.12 bits per heavy atom. The minimum absolute atomic E-state index is 0.0707. The lowest BCUT2D eigenvalue weighted by Gasteiger charge is -2.15. The maximum absolute atomic E-state index is 12.2. The summed E-state index contributed by atoms with van der Waals surface area (Å²) in [6.07, 6.45) is 2.24. The predicted molar refractivity (Wildman–Crippen MR) is 98.5 cm³/mol. The summed E-state index contributed by atoms with van der Waals surface area (Å²) in [6, 6.07) is 17.5. The van der Waals surface area contributed by atoms with Gasteiger partial charge in [0.05, 0.1) is 12.1 Å². The zero-order chi connectivity index (χ0) is 17.9. The van der Waals surface area contributed by atoms with Crippen molar-refractivity contribution in [3.05, 3.63) is 60.2 Å². The summed E-state index contributed by atoms with van der Waals surface area (Å²) in [5, 5.41) is 17.7. The smallest absolute Gasteiger partial charge is 0.319 e. The summed E-state index contributed by atoms with van der Waals surface area (Å²) >= 11 is 0. The van der Waals surface area contributed by atoms with Crippen LogP contribution in [-0.4, -0.2) is 26.2 Å². The molecule has 1 fully saturated rings. The van der Waals surface area contributed by atoms with Crippen molar-refractivity contribution in [3.63, 3.8) is 0 Å². The van der Waals surface area contributed by atoms with Crippen molar-refractivity contribution in [2.24, 2.45) is 0 Å². The van der Waals surface area contributed by atoms with Gasteiger partial charge in [0, 0.05) is 11.3 Å². The Labute approximate surface area is 151 Å². The van der Waals surface area contributed by atoms with Gasteiger partial charge in [0.15, 0.2) is 5.82 Å². The summed E-state index contributed by atoms with van der Waals surface area (Å²) in [6.45, 7) is 1.95. The molecular weight excluding hydrogens is 328 g/mol. The first-order chi connectivity index (χ1) is 12.7. The van der Waals surface area contributed by atoms with Crippen LogP contribution in [0.2, 0.25) is 0 Å². The summed E-state index contributed by atoms with van der Waals surface area (Å²) in [5.74, 6) is 0.765. The monoisotopic (exact) mass is 348 g/mol. The second-order valence-electron chi connectivity index (χ2n) is 6.49. The van der Waals surface area contributed by atoms with E-state index in [0.29, 0.717) is 6.04 Å². The van der Waals surface area contributed by atoms with E-state index in [9.17, 15) is 4.79 Å². The van der Waals surface area contributed by atoms with Gasteiger partial charge in [-0.1, -0.05) is 30.3 Å². The molecule has 7 nitrogen and oxygen atoms in total. The molecule has 132 valence electrons. The van der Waals surface area contributed by atoms with Crippen LogP contribution in [-0.2, 0) is 0 Å². The predicted octanol–water partition coefficient (Wildman–Crippen LogP) is 3.56. The first kappa shape index (κ1) is 16.3. The minimum atomic E-state index is -0.239. The van der Waals surface area contributed by atoms with Crippen molar-refractivity contribution in [2.45, 2.75) is 31.8 Å². The molecule has 2 amide bonds. The van der Waals surface area contributed by atoms with Gasteiger partial charge in [-0.3, -0.25) is 0 Å². The minimum Gasteiger partial charge on any atom is -0.331 e. The molecule has 0 saturated heterocycles. The van der Waals surface area contributed by atoms with Gasteiger partial charge in [-0.25, -0.2) is 9.48 Å². The Balaban J connectivity index is 1.39. The number of benzene rings is 2. The highest BCUT2D eigenvalue weighted by Crippen LogP contribution is 2.36. The van der Waals surface area contributed by atoms with E-state index >= 15 is 0 Å². The van der Waals surface area contributed by atoms with Crippen LogP contribution >= 0.6 is 0 Å². The van der Waals surface area contributed by atoms with Gasteiger partial charge < -0.3 is 10.6 Å². The number of nitrogens with one attached hydrogen (secondary N) is 2. The fourth-order valence-corrected chi connectivity index (χ4v) is 2.84. The van der Waals surface area contributed by atoms with Crippen molar-refractivity contribution in [1.82, 2.24) is 25.5 Å². The second kappa shape index (κ2) is 6.95. The number of rotatable bonds is 5. The normalized spacial score (nSPS) is 14.7. The van der Waals surface area contributed by atoms with E-state index in [0.717, 1.165) is 35.5 Å². The van der Waals surface area contributed by atoms with E-state index in [-0.39, 0.29) is 12.1 Å². The molecule has 0 unspecified atom stereocenters. The quantitative estimate of drug-likeness (QED) is 0.738. The van der Waals surface area contributed by atoms with Gasteiger partial charge in [-0.2, -0.15) is 0 Å². The third-order valence-corrected chi connectivity index (χ3v) is 4.43. The molecule has 1 heterocycles. The third kappa shape index (κ3) is 3.56. The number of hydrogen-bond acceptors (Lipinski definition) is 4. The molecule has 1 aliphatic rings. The topological polar surface area (TPSA) is 84.7 Å². The Bertz CT molecular complexity index is 886. The summed E-state index contributed by atoms with van der Waals surface area (Å²) in [5.41, 5.74) is 2.72. The van der Waals surface area contributed by atoms with E-state index in [2.05, 4.69) is 26.2 Å². The molecule has 1 atom stereocenters. The number of hydrogen-bond donors (Lipinski definition) is 2. The molecule has 1 aliphatic carbocycles. The molecule has 1 aromatic heterocycles. The molecular formula is C19H20N6O. The van der Waals surface area contributed by atoms with E-state index in [1.54, 1.807) is 0 Å². The third-order valence-electron chi connectivity index (χ3n) is 4.43. The van der Waals surface area contributed by atoms with Crippen molar-refractivity contribution in [1.29, 1.82) is 0 Å². The zero-order valence-electron chi connectivity index (χ0n) is 14.5. The van der Waals surface area contributed by atoms with Crippen LogP contribution in [0.15, 0.2) is 54.6 Å². The van der Waals surface area contributed by atoms with Gasteiger partial charge in [-0.15, -0.1) is 5.10 Å². The lowest BCUT2D eigenvalue weighted by molar-refractivity contribution is 0.249. The highest BCUT2D eigenvalue weighted by molar-refractivity contribution is 5.89. The number of carbonyl (C=O) groups is 1. The molecule has 2 N–H and O–H groups in total. The molecule has 0 radical (unpaired) electrons. The van der Waals surface area contributed by atoms with Gasteiger partial charge in [0.1, 0.15) is 0 Å². The number of tetrazole rings is 1. The molecule has 1 saturated carbocycles. The van der Waals surface area contributed by atoms with Gasteiger partial charge in [0.25, 0.3) is 0 Å². The van der Waals surface area contributed by atoms with Crippen LogP contribution in [0, 0.1) is 0 Å². The van der Waals surface area contributed by atoms with E-state index in [1.807, 2.05) is 66.2 Å². The molecule has 0 spiro atoms. The molecule has 4 rings (SSSR count). The summed E-state index contributed by atoms with van der Waals surface area (Å²) in [4.78, 5) is 12.2. The van der Waals surface area contributed by atoms with E-state index in [4.69, 9.17) is 0 Å². The van der Waals surface area contributed by atoms with Crippen LogP contribution in [0.5, 0.6) is 0 Å². The lowest BCUT2D eigenvalue weighted by atomic mass is 10.1. The van der Waals surface area contributed by atoms with Crippen LogP contribution in [0.4, 0.5) is 10.5 Å². The maximum atomic E-state index is 12.2. The summed E-state index contributed by atoms with van der Waals surface area (Å²) < 4.78 is 1.87. The standard InChI is InChI=1S/C19H20N6O/c1-13(14-5-3-2-4-6-14)20-19(26)21-16-9-7-15(8-10-16)18-22-23-24-25(18)17-11-12-17/h2-10,13,17H,11-12H2,1H3,(H2,20,21,26)/t13-/m0/s1. The fraction of sp³-hybridized carbons (Fsp3) is 0.263. The largest absolute Gasteiger partial charge is 0.331 e. The average molecular weight is 348 g/mol. The second-order valence-corrected chi connectivity index (χ2v) is 6.49.